The maximum atomic E-state index is 11.3. The van der Waals surface area contributed by atoms with Crippen LogP contribution in [0.4, 0.5) is 4.79 Å². The number of urea groups is 1. The van der Waals surface area contributed by atoms with Gasteiger partial charge < -0.3 is 20.7 Å². The molecule has 3 rings (SSSR count). The quantitative estimate of drug-likeness (QED) is 0.772. The number of benzene rings is 1. The Morgan fingerprint density at radius 3 is 2.92 bits per heavy atom. The molecule has 1 saturated carbocycles. The van der Waals surface area contributed by atoms with Gasteiger partial charge in [-0.05, 0) is 25.3 Å². The number of nitrogens with one attached hydrogen (secondary N) is 1. The Morgan fingerprint density at radius 1 is 1.54 bits per heavy atom. The molecule has 1 aromatic carbocycles. The molecule has 1 heterocycles. The smallest absolute Gasteiger partial charge is 0.312 e. The third-order valence-electron chi connectivity index (χ3n) is 4.52. The minimum atomic E-state index is -0.602. The van der Waals surface area contributed by atoms with Crippen LogP contribution in [0.5, 0.6) is 0 Å². The summed E-state index contributed by atoms with van der Waals surface area (Å²) < 4.78 is 5.35. The fourth-order valence-corrected chi connectivity index (χ4v) is 3.23. The van der Waals surface area contributed by atoms with Crippen LogP contribution in [0.2, 0.25) is 0 Å². The molecule has 1 aromatic heterocycles. The van der Waals surface area contributed by atoms with Crippen LogP contribution in [-0.2, 0) is 11.8 Å². The minimum absolute atomic E-state index is 0.239. The number of carbonyl (C=O) groups is 1. The average Bonchev–Trinajstić information content (AvgIpc) is 2.94. The molecule has 2 amide bonds. The molecule has 1 unspecified atom stereocenters. The van der Waals surface area contributed by atoms with Gasteiger partial charge in [0.25, 0.3) is 0 Å². The zero-order valence-corrected chi connectivity index (χ0v) is 13.8. The van der Waals surface area contributed by atoms with Crippen LogP contribution in [0.1, 0.15) is 48.6 Å². The molecular formula is C17H22N4O3. The zero-order valence-electron chi connectivity index (χ0n) is 13.8. The van der Waals surface area contributed by atoms with Crippen molar-refractivity contribution in [1.82, 2.24) is 15.5 Å². The van der Waals surface area contributed by atoms with Gasteiger partial charge >= 0.3 is 6.03 Å². The first-order valence-corrected chi connectivity index (χ1v) is 7.99. The maximum Gasteiger partial charge on any atom is 0.312 e. The molecule has 7 heteroatoms. The molecule has 0 spiro atoms. The van der Waals surface area contributed by atoms with Gasteiger partial charge in [0, 0.05) is 5.41 Å². The maximum absolute atomic E-state index is 11.3. The molecule has 24 heavy (non-hydrogen) atoms. The van der Waals surface area contributed by atoms with Gasteiger partial charge in [-0.1, -0.05) is 41.9 Å². The molecule has 1 fully saturated rings. The van der Waals surface area contributed by atoms with Crippen LogP contribution in [0, 0.1) is 6.92 Å². The number of aliphatic hydroxyl groups excluding tert-OH is 1. The Bertz CT molecular complexity index is 737. The molecule has 4 N–H and O–H groups in total. The third kappa shape index (κ3) is 3.41. The monoisotopic (exact) mass is 330 g/mol. The second-order valence-electron chi connectivity index (χ2n) is 6.81. The number of primary amides is 1. The van der Waals surface area contributed by atoms with E-state index in [2.05, 4.69) is 15.5 Å². The van der Waals surface area contributed by atoms with Crippen LogP contribution < -0.4 is 11.1 Å². The van der Waals surface area contributed by atoms with Crippen LogP contribution in [-0.4, -0.2) is 27.4 Å². The fraction of sp³-hybridized carbons (Fsp3) is 0.471. The fourth-order valence-electron chi connectivity index (χ4n) is 3.23. The SMILES string of the molecule is Cc1cccc(C(Cc2nc(C3(C)CC(O)C3)no2)NC(N)=O)c1. The van der Waals surface area contributed by atoms with Crippen molar-refractivity contribution >= 4 is 6.03 Å². The molecule has 1 atom stereocenters. The van der Waals surface area contributed by atoms with E-state index in [9.17, 15) is 9.90 Å². The normalized spacial score (nSPS) is 24.2. The van der Waals surface area contributed by atoms with Gasteiger partial charge in [0.05, 0.1) is 18.6 Å². The topological polar surface area (TPSA) is 114 Å². The molecule has 0 aliphatic heterocycles. The summed E-state index contributed by atoms with van der Waals surface area (Å²) in [6.07, 6.45) is 1.33. The molecule has 1 aliphatic carbocycles. The minimum Gasteiger partial charge on any atom is -0.393 e. The van der Waals surface area contributed by atoms with Crippen molar-refractivity contribution in [2.75, 3.05) is 0 Å². The summed E-state index contributed by atoms with van der Waals surface area (Å²) in [5.74, 6) is 1.04. The molecule has 2 aromatic rings. The summed E-state index contributed by atoms with van der Waals surface area (Å²) >= 11 is 0. The Morgan fingerprint density at radius 2 is 2.29 bits per heavy atom. The van der Waals surface area contributed by atoms with Gasteiger partial charge in [-0.2, -0.15) is 4.98 Å². The number of hydrogen-bond acceptors (Lipinski definition) is 5. The van der Waals surface area contributed by atoms with Crippen molar-refractivity contribution in [3.8, 4) is 0 Å². The molecule has 7 nitrogen and oxygen atoms in total. The lowest BCUT2D eigenvalue weighted by Crippen LogP contribution is -2.42. The summed E-state index contributed by atoms with van der Waals surface area (Å²) in [7, 11) is 0. The van der Waals surface area contributed by atoms with E-state index in [1.54, 1.807) is 0 Å². The molecule has 0 saturated heterocycles. The highest BCUT2D eigenvalue weighted by Gasteiger charge is 2.44. The van der Waals surface area contributed by atoms with Crippen molar-refractivity contribution in [1.29, 1.82) is 0 Å². The summed E-state index contributed by atoms with van der Waals surface area (Å²) in [5.41, 5.74) is 7.08. The first-order valence-electron chi connectivity index (χ1n) is 7.99. The number of nitrogens with zero attached hydrogens (tertiary/aromatic N) is 2. The van der Waals surface area contributed by atoms with E-state index in [0.29, 0.717) is 31.0 Å². The lowest BCUT2D eigenvalue weighted by Gasteiger charge is -2.39. The van der Waals surface area contributed by atoms with E-state index in [0.717, 1.165) is 11.1 Å². The molecule has 1 aliphatic rings. The van der Waals surface area contributed by atoms with Crippen molar-refractivity contribution in [2.45, 2.75) is 50.7 Å². The van der Waals surface area contributed by atoms with Crippen LogP contribution in [0.25, 0.3) is 0 Å². The van der Waals surface area contributed by atoms with Crippen LogP contribution in [0.3, 0.4) is 0 Å². The Hall–Kier alpha value is -2.41. The second-order valence-corrected chi connectivity index (χ2v) is 6.81. The first kappa shape index (κ1) is 16.4. The summed E-state index contributed by atoms with van der Waals surface area (Å²) in [4.78, 5) is 15.8. The van der Waals surface area contributed by atoms with E-state index in [1.165, 1.54) is 0 Å². The average molecular weight is 330 g/mol. The van der Waals surface area contributed by atoms with Crippen molar-refractivity contribution in [3.63, 3.8) is 0 Å². The van der Waals surface area contributed by atoms with E-state index in [-0.39, 0.29) is 17.6 Å². The van der Waals surface area contributed by atoms with Gasteiger partial charge in [-0.25, -0.2) is 4.79 Å². The lowest BCUT2D eigenvalue weighted by atomic mass is 9.68. The van der Waals surface area contributed by atoms with Gasteiger partial charge in [-0.3, -0.25) is 0 Å². The Balaban J connectivity index is 1.78. The third-order valence-corrected chi connectivity index (χ3v) is 4.52. The summed E-state index contributed by atoms with van der Waals surface area (Å²) in [5, 5.41) is 16.3. The van der Waals surface area contributed by atoms with Crippen molar-refractivity contribution in [2.24, 2.45) is 5.73 Å². The lowest BCUT2D eigenvalue weighted by molar-refractivity contribution is 0.0220. The van der Waals surface area contributed by atoms with Crippen LogP contribution >= 0.6 is 0 Å². The molecular weight excluding hydrogens is 308 g/mol. The van der Waals surface area contributed by atoms with E-state index >= 15 is 0 Å². The number of carbonyl (C=O) groups excluding carboxylic acids is 1. The van der Waals surface area contributed by atoms with Crippen molar-refractivity contribution < 1.29 is 14.4 Å². The number of amides is 2. The summed E-state index contributed by atoms with van der Waals surface area (Å²) in [6.45, 7) is 3.99. The Labute approximate surface area is 140 Å². The zero-order chi connectivity index (χ0) is 17.3. The van der Waals surface area contributed by atoms with Gasteiger partial charge in [0.15, 0.2) is 5.82 Å². The summed E-state index contributed by atoms with van der Waals surface area (Å²) in [6, 6.07) is 6.89. The standard InChI is InChI=1S/C17H22N4O3/c1-10-4-3-5-11(6-10)13(19-16(18)23)7-14-20-15(21-24-14)17(2)8-12(22)9-17/h3-6,12-13,22H,7-9H2,1-2H3,(H3,18,19,23). The number of aliphatic hydroxyl groups is 1. The molecule has 0 radical (unpaired) electrons. The van der Waals surface area contributed by atoms with Crippen LogP contribution in [0.15, 0.2) is 28.8 Å². The highest BCUT2D eigenvalue weighted by molar-refractivity contribution is 5.72. The number of hydrogen-bond donors (Lipinski definition) is 3. The van der Waals surface area contributed by atoms with Crippen molar-refractivity contribution in [3.05, 3.63) is 47.1 Å². The van der Waals surface area contributed by atoms with E-state index in [1.807, 2.05) is 38.1 Å². The predicted molar refractivity (Wildman–Crippen MR) is 87.2 cm³/mol. The second kappa shape index (κ2) is 6.24. The van der Waals surface area contributed by atoms with Gasteiger partial charge in [0.2, 0.25) is 5.89 Å². The van der Waals surface area contributed by atoms with E-state index in [4.69, 9.17) is 10.3 Å². The predicted octanol–water partition coefficient (Wildman–Crippen LogP) is 1.74. The number of nitrogens with two attached hydrogens (primary N) is 1. The highest BCUT2D eigenvalue weighted by Crippen LogP contribution is 2.42. The first-order chi connectivity index (χ1) is 11.4. The number of aryl methyl sites for hydroxylation is 1. The van der Waals surface area contributed by atoms with Gasteiger partial charge in [-0.15, -0.1) is 0 Å². The highest BCUT2D eigenvalue weighted by atomic mass is 16.5. The van der Waals surface area contributed by atoms with E-state index < -0.39 is 6.03 Å². The largest absolute Gasteiger partial charge is 0.393 e. The molecule has 0 bridgehead atoms. The number of aromatic nitrogens is 2. The Kier molecular flexibility index (Phi) is 4.28. The number of rotatable bonds is 5. The molecule has 128 valence electrons. The van der Waals surface area contributed by atoms with Gasteiger partial charge in [0.1, 0.15) is 0 Å².